The first-order valence-corrected chi connectivity index (χ1v) is 9.69. The second-order valence-electron chi connectivity index (χ2n) is 5.20. The monoisotopic (exact) mass is 370 g/mol. The summed E-state index contributed by atoms with van der Waals surface area (Å²) < 4.78 is 5.36. The van der Waals surface area contributed by atoms with Crippen molar-refractivity contribution in [1.82, 2.24) is 4.98 Å². The van der Waals surface area contributed by atoms with Crippen molar-refractivity contribution >= 4 is 34.1 Å². The molecule has 0 radical (unpaired) electrons. The third-order valence-corrected chi connectivity index (χ3v) is 5.25. The first-order chi connectivity index (χ1) is 12.3. The zero-order valence-corrected chi connectivity index (χ0v) is 15.4. The largest absolute Gasteiger partial charge is 0.496 e. The number of thioether (sulfide) groups is 1. The molecule has 4 nitrogen and oxygen atoms in total. The first kappa shape index (κ1) is 17.5. The lowest BCUT2D eigenvalue weighted by molar-refractivity contribution is -0.115. The molecule has 2 aromatic carbocycles. The number of hydrogen-bond donors (Lipinski definition) is 1. The van der Waals surface area contributed by atoms with Crippen LogP contribution >= 0.6 is 23.1 Å². The molecule has 3 aromatic rings. The molecule has 6 heteroatoms. The maximum absolute atomic E-state index is 12.1. The van der Waals surface area contributed by atoms with E-state index in [1.807, 2.05) is 60.0 Å². The van der Waals surface area contributed by atoms with Crippen LogP contribution in [0.25, 0.3) is 11.3 Å². The van der Waals surface area contributed by atoms with Crippen molar-refractivity contribution in [3.05, 3.63) is 60.0 Å². The van der Waals surface area contributed by atoms with Crippen LogP contribution in [0.4, 0.5) is 5.13 Å². The van der Waals surface area contributed by atoms with Crippen LogP contribution in [0.5, 0.6) is 5.75 Å². The Kier molecular flexibility index (Phi) is 6.09. The first-order valence-electron chi connectivity index (χ1n) is 7.83. The molecule has 25 heavy (non-hydrogen) atoms. The zero-order valence-electron chi connectivity index (χ0n) is 13.8. The van der Waals surface area contributed by atoms with Crippen molar-refractivity contribution < 1.29 is 9.53 Å². The number of ether oxygens (including phenoxy) is 1. The van der Waals surface area contributed by atoms with Crippen LogP contribution in [-0.2, 0) is 4.79 Å². The summed E-state index contributed by atoms with van der Waals surface area (Å²) in [7, 11) is 1.64. The summed E-state index contributed by atoms with van der Waals surface area (Å²) in [6.07, 6.45) is 0.448. The molecule has 0 fully saturated rings. The molecule has 1 heterocycles. The van der Waals surface area contributed by atoms with Gasteiger partial charge < -0.3 is 10.1 Å². The molecule has 1 N–H and O–H groups in total. The summed E-state index contributed by atoms with van der Waals surface area (Å²) in [5.74, 6) is 1.48. The Hall–Kier alpha value is -2.31. The van der Waals surface area contributed by atoms with Crippen molar-refractivity contribution in [3.63, 3.8) is 0 Å². The predicted octanol–water partition coefficient (Wildman–Crippen LogP) is 4.94. The number of rotatable bonds is 7. The number of nitrogens with zero attached hydrogens (tertiary/aromatic N) is 1. The van der Waals surface area contributed by atoms with Gasteiger partial charge in [-0.1, -0.05) is 30.3 Å². The Labute approximate surface area is 155 Å². The number of hydrogen-bond acceptors (Lipinski definition) is 5. The van der Waals surface area contributed by atoms with Crippen LogP contribution in [0.2, 0.25) is 0 Å². The number of para-hydroxylation sites is 1. The fourth-order valence-corrected chi connectivity index (χ4v) is 3.87. The summed E-state index contributed by atoms with van der Waals surface area (Å²) in [4.78, 5) is 17.8. The third kappa shape index (κ3) is 4.84. The Balaban J connectivity index is 1.55. The van der Waals surface area contributed by atoms with E-state index in [4.69, 9.17) is 4.74 Å². The number of aromatic nitrogens is 1. The molecule has 0 aliphatic carbocycles. The minimum Gasteiger partial charge on any atom is -0.496 e. The molecule has 0 aliphatic rings. The molecule has 1 amide bonds. The van der Waals surface area contributed by atoms with E-state index in [1.165, 1.54) is 16.2 Å². The molecular formula is C19H18N2O2S2. The minimum atomic E-state index is -0.0237. The lowest BCUT2D eigenvalue weighted by Gasteiger charge is -2.05. The van der Waals surface area contributed by atoms with Gasteiger partial charge in [0.2, 0.25) is 5.91 Å². The number of thiazole rings is 1. The molecule has 0 spiro atoms. The quantitative estimate of drug-likeness (QED) is 0.599. The lowest BCUT2D eigenvalue weighted by atomic mass is 10.1. The Bertz CT molecular complexity index is 834. The van der Waals surface area contributed by atoms with Crippen molar-refractivity contribution in [2.45, 2.75) is 11.3 Å². The number of carbonyl (C=O) groups is 1. The van der Waals surface area contributed by atoms with E-state index in [0.717, 1.165) is 22.8 Å². The van der Waals surface area contributed by atoms with Crippen LogP contribution < -0.4 is 10.1 Å². The van der Waals surface area contributed by atoms with Crippen LogP contribution in [0.3, 0.4) is 0 Å². The fraction of sp³-hybridized carbons (Fsp3) is 0.158. The highest BCUT2D eigenvalue weighted by Crippen LogP contribution is 2.31. The number of amides is 1. The van der Waals surface area contributed by atoms with Gasteiger partial charge in [-0.25, -0.2) is 4.98 Å². The summed E-state index contributed by atoms with van der Waals surface area (Å²) in [6.45, 7) is 0. The van der Waals surface area contributed by atoms with E-state index in [0.29, 0.717) is 11.6 Å². The second kappa shape index (κ2) is 8.69. The van der Waals surface area contributed by atoms with E-state index in [1.54, 1.807) is 18.9 Å². The number of nitrogens with one attached hydrogen (secondary N) is 1. The van der Waals surface area contributed by atoms with Gasteiger partial charge in [0.15, 0.2) is 5.13 Å². The maximum Gasteiger partial charge on any atom is 0.226 e. The third-order valence-electron chi connectivity index (χ3n) is 3.47. The molecule has 0 saturated carbocycles. The Morgan fingerprint density at radius 3 is 2.72 bits per heavy atom. The molecule has 1 aromatic heterocycles. The van der Waals surface area contributed by atoms with Gasteiger partial charge in [-0.15, -0.1) is 23.1 Å². The molecule has 0 saturated heterocycles. The highest BCUT2D eigenvalue weighted by atomic mass is 32.2. The second-order valence-corrected chi connectivity index (χ2v) is 7.22. The average Bonchev–Trinajstić information content (AvgIpc) is 3.10. The van der Waals surface area contributed by atoms with Crippen LogP contribution in [0.15, 0.2) is 64.9 Å². The van der Waals surface area contributed by atoms with Crippen molar-refractivity contribution in [2.24, 2.45) is 0 Å². The highest BCUT2D eigenvalue weighted by molar-refractivity contribution is 7.99. The summed E-state index contributed by atoms with van der Waals surface area (Å²) in [5.41, 5.74) is 1.72. The van der Waals surface area contributed by atoms with E-state index in [9.17, 15) is 4.79 Å². The van der Waals surface area contributed by atoms with Gasteiger partial charge in [0.05, 0.1) is 12.8 Å². The van der Waals surface area contributed by atoms with Gasteiger partial charge in [-0.2, -0.15) is 0 Å². The van der Waals surface area contributed by atoms with Crippen molar-refractivity contribution in [2.75, 3.05) is 18.2 Å². The van der Waals surface area contributed by atoms with E-state index >= 15 is 0 Å². The zero-order chi connectivity index (χ0) is 17.5. The van der Waals surface area contributed by atoms with Gasteiger partial charge >= 0.3 is 0 Å². The smallest absolute Gasteiger partial charge is 0.226 e. The molecule has 3 rings (SSSR count). The molecule has 0 aliphatic heterocycles. The van der Waals surface area contributed by atoms with Crippen LogP contribution in [0.1, 0.15) is 6.42 Å². The van der Waals surface area contributed by atoms with Gasteiger partial charge in [-0.3, -0.25) is 4.79 Å². The van der Waals surface area contributed by atoms with Crippen molar-refractivity contribution in [3.8, 4) is 17.0 Å². The standard InChI is InChI=1S/C19H18N2O2S2/c1-23-17-10-6-5-9-15(17)16-13-25-19(20-16)21-18(22)11-12-24-14-7-3-2-4-8-14/h2-10,13H,11-12H2,1H3,(H,20,21,22). The van der Waals surface area contributed by atoms with Gasteiger partial charge in [0.1, 0.15) is 5.75 Å². The predicted molar refractivity (Wildman–Crippen MR) is 105 cm³/mol. The molecule has 0 bridgehead atoms. The number of anilines is 1. The van der Waals surface area contributed by atoms with Crippen LogP contribution in [-0.4, -0.2) is 23.8 Å². The molecular weight excluding hydrogens is 352 g/mol. The Morgan fingerprint density at radius 1 is 1.16 bits per heavy atom. The van der Waals surface area contributed by atoms with Gasteiger partial charge in [0, 0.05) is 28.0 Å². The lowest BCUT2D eigenvalue weighted by Crippen LogP contribution is -2.11. The Morgan fingerprint density at radius 2 is 1.92 bits per heavy atom. The molecule has 0 atom stereocenters. The van der Waals surface area contributed by atoms with Gasteiger partial charge in [-0.05, 0) is 24.3 Å². The number of carbonyl (C=O) groups excluding carboxylic acids is 1. The SMILES string of the molecule is COc1ccccc1-c1csc(NC(=O)CCSc2ccccc2)n1. The summed E-state index contributed by atoms with van der Waals surface area (Å²) in [5, 5.41) is 5.40. The molecule has 128 valence electrons. The summed E-state index contributed by atoms with van der Waals surface area (Å²) >= 11 is 3.09. The fourth-order valence-electron chi connectivity index (χ4n) is 2.27. The van der Waals surface area contributed by atoms with E-state index in [-0.39, 0.29) is 5.91 Å². The number of benzene rings is 2. The minimum absolute atomic E-state index is 0.0237. The van der Waals surface area contributed by atoms with Crippen molar-refractivity contribution in [1.29, 1.82) is 0 Å². The summed E-state index contributed by atoms with van der Waals surface area (Å²) in [6, 6.07) is 17.8. The molecule has 0 unspecified atom stereocenters. The topological polar surface area (TPSA) is 51.2 Å². The highest BCUT2D eigenvalue weighted by Gasteiger charge is 2.11. The van der Waals surface area contributed by atoms with E-state index < -0.39 is 0 Å². The van der Waals surface area contributed by atoms with Gasteiger partial charge in [0.25, 0.3) is 0 Å². The van der Waals surface area contributed by atoms with E-state index in [2.05, 4.69) is 10.3 Å². The normalized spacial score (nSPS) is 10.4. The number of methoxy groups -OCH3 is 1. The average molecular weight is 370 g/mol. The maximum atomic E-state index is 12.1. The van der Waals surface area contributed by atoms with Crippen LogP contribution in [0, 0.1) is 0 Å².